The molecule has 0 saturated carbocycles. The summed E-state index contributed by atoms with van der Waals surface area (Å²) in [4.78, 5) is 13.0. The molecule has 0 N–H and O–H groups in total. The predicted octanol–water partition coefficient (Wildman–Crippen LogP) is 3.45. The molecule has 1 heterocycles. The first-order chi connectivity index (χ1) is 8.79. The van der Waals surface area contributed by atoms with Crippen molar-refractivity contribution >= 4 is 42.9 Å². The van der Waals surface area contributed by atoms with Gasteiger partial charge in [-0.25, -0.2) is 8.42 Å². The largest absolute Gasteiger partial charge is 0.288 e. The van der Waals surface area contributed by atoms with Crippen molar-refractivity contribution in [3.8, 4) is 0 Å². The van der Waals surface area contributed by atoms with Crippen LogP contribution in [0, 0.1) is 6.92 Å². The molecule has 0 amide bonds. The van der Waals surface area contributed by atoms with Crippen molar-refractivity contribution < 1.29 is 13.2 Å². The van der Waals surface area contributed by atoms with E-state index in [-0.39, 0.29) is 10.7 Å². The lowest BCUT2D eigenvalue weighted by Crippen LogP contribution is -2.02. The van der Waals surface area contributed by atoms with Gasteiger partial charge in [0, 0.05) is 11.8 Å². The molecule has 0 fully saturated rings. The van der Waals surface area contributed by atoms with Crippen molar-refractivity contribution in [1.82, 2.24) is 0 Å². The van der Waals surface area contributed by atoms with Gasteiger partial charge in [-0.2, -0.15) is 0 Å². The molecule has 0 aliphatic rings. The SMILES string of the molecule is Cc1cc(C(=O)c2cccc(S(C)(=O)=O)c2)sc1Br. The molecule has 0 aliphatic carbocycles. The van der Waals surface area contributed by atoms with Crippen molar-refractivity contribution in [3.63, 3.8) is 0 Å². The Morgan fingerprint density at radius 3 is 2.47 bits per heavy atom. The summed E-state index contributed by atoms with van der Waals surface area (Å²) in [5.74, 6) is -0.163. The molecule has 2 aromatic rings. The Morgan fingerprint density at radius 1 is 1.26 bits per heavy atom. The van der Waals surface area contributed by atoms with Crippen molar-refractivity contribution in [3.05, 3.63) is 50.1 Å². The van der Waals surface area contributed by atoms with Crippen LogP contribution in [-0.4, -0.2) is 20.5 Å². The van der Waals surface area contributed by atoms with Crippen LogP contribution in [-0.2, 0) is 9.84 Å². The van der Waals surface area contributed by atoms with Crippen LogP contribution in [0.3, 0.4) is 0 Å². The maximum atomic E-state index is 12.3. The number of aryl methyl sites for hydroxylation is 1. The molecule has 0 atom stereocenters. The number of carbonyl (C=O) groups is 1. The quantitative estimate of drug-likeness (QED) is 0.789. The summed E-state index contributed by atoms with van der Waals surface area (Å²) in [6, 6.07) is 7.91. The maximum Gasteiger partial charge on any atom is 0.203 e. The van der Waals surface area contributed by atoms with Crippen LogP contribution in [0.1, 0.15) is 20.8 Å². The minimum absolute atomic E-state index is 0.158. The van der Waals surface area contributed by atoms with Crippen molar-refractivity contribution in [2.45, 2.75) is 11.8 Å². The second kappa shape index (κ2) is 5.19. The molecular formula is C13H11BrO3S2. The first-order valence-corrected chi connectivity index (χ1v) is 8.90. The fraction of sp³-hybridized carbons (Fsp3) is 0.154. The Kier molecular flexibility index (Phi) is 3.94. The van der Waals surface area contributed by atoms with E-state index >= 15 is 0 Å². The topological polar surface area (TPSA) is 51.2 Å². The Labute approximate surface area is 124 Å². The van der Waals surface area contributed by atoms with Crippen LogP contribution in [0.5, 0.6) is 0 Å². The van der Waals surface area contributed by atoms with E-state index in [2.05, 4.69) is 15.9 Å². The average molecular weight is 359 g/mol. The van der Waals surface area contributed by atoms with Gasteiger partial charge < -0.3 is 0 Å². The highest BCUT2D eigenvalue weighted by atomic mass is 79.9. The molecule has 100 valence electrons. The number of thiophene rings is 1. The monoisotopic (exact) mass is 358 g/mol. The predicted molar refractivity (Wildman–Crippen MR) is 79.7 cm³/mol. The lowest BCUT2D eigenvalue weighted by atomic mass is 10.1. The number of hydrogen-bond acceptors (Lipinski definition) is 4. The number of carbonyl (C=O) groups excluding carboxylic acids is 1. The standard InChI is InChI=1S/C13H11BrO3S2/c1-8-6-11(18-13(8)14)12(15)9-4-3-5-10(7-9)19(2,16)17/h3-7H,1-2H3. The molecule has 0 radical (unpaired) electrons. The summed E-state index contributed by atoms with van der Waals surface area (Å²) in [7, 11) is -3.30. The van der Waals surface area contributed by atoms with Gasteiger partial charge in [0.1, 0.15) is 0 Å². The molecule has 2 rings (SSSR count). The maximum absolute atomic E-state index is 12.3. The number of ketones is 1. The summed E-state index contributed by atoms with van der Waals surface area (Å²) in [6.45, 7) is 1.91. The molecule has 0 aliphatic heterocycles. The highest BCUT2D eigenvalue weighted by molar-refractivity contribution is 9.11. The van der Waals surface area contributed by atoms with Crippen LogP contribution in [0.2, 0.25) is 0 Å². The van der Waals surface area contributed by atoms with E-state index in [0.29, 0.717) is 10.4 Å². The average Bonchev–Trinajstić information content (AvgIpc) is 2.68. The zero-order valence-corrected chi connectivity index (χ0v) is 13.5. The van der Waals surface area contributed by atoms with Crippen LogP contribution in [0.25, 0.3) is 0 Å². The summed E-state index contributed by atoms with van der Waals surface area (Å²) in [5, 5.41) is 0. The third-order valence-electron chi connectivity index (χ3n) is 2.61. The third-order valence-corrected chi connectivity index (χ3v) is 5.85. The Balaban J connectivity index is 2.45. The Hall–Kier alpha value is -0.980. The van der Waals surface area contributed by atoms with Crippen LogP contribution < -0.4 is 0 Å². The van der Waals surface area contributed by atoms with E-state index in [1.165, 1.54) is 23.5 Å². The lowest BCUT2D eigenvalue weighted by molar-refractivity contribution is 0.104. The third kappa shape index (κ3) is 3.13. The molecule has 0 unspecified atom stereocenters. The van der Waals surface area contributed by atoms with E-state index in [0.717, 1.165) is 15.6 Å². The molecule has 6 heteroatoms. The molecule has 1 aromatic carbocycles. The van der Waals surface area contributed by atoms with Gasteiger partial charge >= 0.3 is 0 Å². The fourth-order valence-electron chi connectivity index (χ4n) is 1.58. The highest BCUT2D eigenvalue weighted by Gasteiger charge is 2.16. The van der Waals surface area contributed by atoms with Gasteiger partial charge in [0.25, 0.3) is 0 Å². The van der Waals surface area contributed by atoms with E-state index in [4.69, 9.17) is 0 Å². The van der Waals surface area contributed by atoms with Crippen molar-refractivity contribution in [2.75, 3.05) is 6.26 Å². The molecule has 0 saturated heterocycles. The summed E-state index contributed by atoms with van der Waals surface area (Å²) < 4.78 is 23.9. The number of halogens is 1. The molecule has 0 spiro atoms. The second-order valence-corrected chi connectivity index (χ2v) is 8.58. The minimum atomic E-state index is -3.30. The van der Waals surface area contributed by atoms with E-state index in [1.54, 1.807) is 18.2 Å². The van der Waals surface area contributed by atoms with Crippen molar-refractivity contribution in [1.29, 1.82) is 0 Å². The first-order valence-electron chi connectivity index (χ1n) is 5.40. The van der Waals surface area contributed by atoms with Gasteiger partial charge in [0.05, 0.1) is 13.6 Å². The molecule has 0 bridgehead atoms. The zero-order valence-electron chi connectivity index (χ0n) is 10.3. The molecule has 3 nitrogen and oxygen atoms in total. The molecule has 19 heavy (non-hydrogen) atoms. The van der Waals surface area contributed by atoms with Crippen molar-refractivity contribution in [2.24, 2.45) is 0 Å². The van der Waals surface area contributed by atoms with Gasteiger partial charge in [-0.05, 0) is 46.6 Å². The Morgan fingerprint density at radius 2 is 1.95 bits per heavy atom. The first kappa shape index (κ1) is 14.4. The van der Waals surface area contributed by atoms with E-state index < -0.39 is 9.84 Å². The van der Waals surface area contributed by atoms with Crippen LogP contribution in [0.4, 0.5) is 0 Å². The van der Waals surface area contributed by atoms with Gasteiger partial charge in [0.15, 0.2) is 9.84 Å². The minimum Gasteiger partial charge on any atom is -0.288 e. The van der Waals surface area contributed by atoms with Gasteiger partial charge in [-0.1, -0.05) is 12.1 Å². The van der Waals surface area contributed by atoms with Gasteiger partial charge in [-0.15, -0.1) is 11.3 Å². The van der Waals surface area contributed by atoms with Crippen LogP contribution >= 0.6 is 27.3 Å². The smallest absolute Gasteiger partial charge is 0.203 e. The van der Waals surface area contributed by atoms with Crippen LogP contribution in [0.15, 0.2) is 39.0 Å². The molecule has 1 aromatic heterocycles. The second-order valence-electron chi connectivity index (χ2n) is 4.20. The summed E-state index contributed by atoms with van der Waals surface area (Å²) in [6.07, 6.45) is 1.13. The zero-order chi connectivity index (χ0) is 14.2. The number of benzene rings is 1. The number of hydrogen-bond donors (Lipinski definition) is 0. The number of rotatable bonds is 3. The fourth-order valence-corrected chi connectivity index (χ4v) is 3.75. The number of sulfone groups is 1. The van der Waals surface area contributed by atoms with E-state index in [1.807, 2.05) is 6.92 Å². The summed E-state index contributed by atoms with van der Waals surface area (Å²) in [5.41, 5.74) is 1.38. The molecular weight excluding hydrogens is 348 g/mol. The Bertz CT molecular complexity index is 725. The normalized spacial score (nSPS) is 11.5. The van der Waals surface area contributed by atoms with Gasteiger partial charge in [-0.3, -0.25) is 4.79 Å². The lowest BCUT2D eigenvalue weighted by Gasteiger charge is -2.01. The van der Waals surface area contributed by atoms with E-state index in [9.17, 15) is 13.2 Å². The highest BCUT2D eigenvalue weighted by Crippen LogP contribution is 2.29. The van der Waals surface area contributed by atoms with Gasteiger partial charge in [0.2, 0.25) is 5.78 Å². The summed E-state index contributed by atoms with van der Waals surface area (Å²) >= 11 is 4.72.